The number of hydrogen-bond acceptors (Lipinski definition) is 7. The molecular weight excluding hydrogens is 733 g/mol. The molecule has 11 heteroatoms. The van der Waals surface area contributed by atoms with Crippen LogP contribution in [0.4, 0.5) is 5.13 Å². The van der Waals surface area contributed by atoms with E-state index in [1.54, 1.807) is 12.1 Å². The molecule has 0 aliphatic rings. The first-order valence-electron chi connectivity index (χ1n) is 10.6. The fraction of sp³-hybridized carbons (Fsp3) is 0.208. The summed E-state index contributed by atoms with van der Waals surface area (Å²) in [6.45, 7) is 2.97. The van der Waals surface area contributed by atoms with E-state index in [1.807, 2.05) is 36.5 Å². The minimum Gasteiger partial charge on any atom is -0.483 e. The maximum atomic E-state index is 6.66. The predicted molar refractivity (Wildman–Crippen MR) is 162 cm³/mol. The van der Waals surface area contributed by atoms with Crippen LogP contribution >= 0.6 is 79.7 Å². The topological polar surface area (TPSA) is 69.2 Å². The van der Waals surface area contributed by atoms with Crippen LogP contribution in [0.5, 0.6) is 11.5 Å². The lowest BCUT2D eigenvalue weighted by atomic mass is 10.1. The standard InChI is InChI=1S/C24H20Cl2I2N4O2S/c1-2-6-29-24-30-11-21(35-24)19-10-20(22-17(25)8-16(34-13-28)9-18(22)26)32-23(31-19)14-4-3-5-15(7-14)33-12-27/h3-5,7-11H,2,6,12-13H2,1H3,(H,29,30). The van der Waals surface area contributed by atoms with Gasteiger partial charge in [-0.3, -0.25) is 0 Å². The average Bonchev–Trinajstić information content (AvgIpc) is 3.32. The highest BCUT2D eigenvalue weighted by molar-refractivity contribution is 14.1. The monoisotopic (exact) mass is 752 g/mol. The van der Waals surface area contributed by atoms with Crippen LogP contribution in [-0.4, -0.2) is 30.7 Å². The van der Waals surface area contributed by atoms with Gasteiger partial charge in [-0.05, 0) is 81.9 Å². The first kappa shape index (κ1) is 26.6. The Kier molecular flexibility index (Phi) is 9.67. The summed E-state index contributed by atoms with van der Waals surface area (Å²) in [4.78, 5) is 15.1. The number of benzene rings is 2. The second-order valence-electron chi connectivity index (χ2n) is 7.22. The minimum atomic E-state index is 0.449. The zero-order valence-corrected chi connectivity index (χ0v) is 25.2. The van der Waals surface area contributed by atoms with Crippen LogP contribution in [-0.2, 0) is 0 Å². The van der Waals surface area contributed by atoms with Crippen LogP contribution in [0.1, 0.15) is 13.3 Å². The zero-order chi connectivity index (χ0) is 24.8. The fourth-order valence-electron chi connectivity index (χ4n) is 3.27. The van der Waals surface area contributed by atoms with Crippen LogP contribution in [0.15, 0.2) is 48.7 Å². The van der Waals surface area contributed by atoms with Crippen molar-refractivity contribution in [1.29, 1.82) is 0 Å². The number of rotatable bonds is 10. The van der Waals surface area contributed by atoms with E-state index >= 15 is 0 Å². The van der Waals surface area contributed by atoms with Crippen LogP contribution in [0.2, 0.25) is 10.0 Å². The van der Waals surface area contributed by atoms with E-state index in [0.717, 1.165) is 40.0 Å². The van der Waals surface area contributed by atoms with Gasteiger partial charge in [-0.1, -0.05) is 53.6 Å². The van der Waals surface area contributed by atoms with Gasteiger partial charge in [-0.2, -0.15) is 0 Å². The molecule has 0 aliphatic carbocycles. The molecule has 0 atom stereocenters. The van der Waals surface area contributed by atoms with Crippen molar-refractivity contribution in [1.82, 2.24) is 15.0 Å². The molecule has 0 saturated heterocycles. The molecule has 0 bridgehead atoms. The van der Waals surface area contributed by atoms with Crippen molar-refractivity contribution >= 4 is 84.9 Å². The van der Waals surface area contributed by atoms with Gasteiger partial charge in [-0.25, -0.2) is 15.0 Å². The Morgan fingerprint density at radius 1 is 0.943 bits per heavy atom. The number of nitrogens with one attached hydrogen (secondary N) is 1. The summed E-state index contributed by atoms with van der Waals surface area (Å²) in [6, 6.07) is 13.1. The smallest absolute Gasteiger partial charge is 0.183 e. The number of anilines is 1. The molecule has 6 nitrogen and oxygen atoms in total. The molecular formula is C24H20Cl2I2N4O2S. The van der Waals surface area contributed by atoms with Crippen molar-refractivity contribution in [3.63, 3.8) is 0 Å². The van der Waals surface area contributed by atoms with E-state index in [-0.39, 0.29) is 0 Å². The zero-order valence-electron chi connectivity index (χ0n) is 18.5. The number of thiazole rings is 1. The van der Waals surface area contributed by atoms with Crippen LogP contribution < -0.4 is 14.8 Å². The number of ether oxygens (including phenoxy) is 2. The lowest BCUT2D eigenvalue weighted by Crippen LogP contribution is -1.98. The van der Waals surface area contributed by atoms with Crippen LogP contribution in [0, 0.1) is 0 Å². The molecule has 182 valence electrons. The maximum Gasteiger partial charge on any atom is 0.183 e. The van der Waals surface area contributed by atoms with Gasteiger partial charge >= 0.3 is 0 Å². The van der Waals surface area contributed by atoms with Gasteiger partial charge in [0, 0.05) is 23.9 Å². The number of alkyl halides is 2. The fourth-order valence-corrected chi connectivity index (χ4v) is 5.45. The molecule has 0 spiro atoms. The van der Waals surface area contributed by atoms with Gasteiger partial charge in [-0.15, -0.1) is 0 Å². The van der Waals surface area contributed by atoms with Gasteiger partial charge in [0.1, 0.15) is 20.7 Å². The van der Waals surface area contributed by atoms with Crippen molar-refractivity contribution < 1.29 is 9.47 Å². The molecule has 35 heavy (non-hydrogen) atoms. The van der Waals surface area contributed by atoms with E-state index in [9.17, 15) is 0 Å². The summed E-state index contributed by atoms with van der Waals surface area (Å²) in [5.41, 5.74) is 2.78. The lowest BCUT2D eigenvalue weighted by molar-refractivity contribution is 0.404. The first-order chi connectivity index (χ1) is 17.0. The molecule has 2 aromatic heterocycles. The van der Waals surface area contributed by atoms with Gasteiger partial charge in [0.15, 0.2) is 11.0 Å². The summed E-state index contributed by atoms with van der Waals surface area (Å²) < 4.78 is 12.3. The van der Waals surface area contributed by atoms with Crippen molar-refractivity contribution in [2.45, 2.75) is 13.3 Å². The Balaban J connectivity index is 1.85. The molecule has 2 aromatic carbocycles. The first-order valence-corrected chi connectivity index (χ1v) is 15.2. The van der Waals surface area contributed by atoms with Crippen molar-refractivity contribution in [2.75, 3.05) is 21.1 Å². The predicted octanol–water partition coefficient (Wildman–Crippen LogP) is 8.61. The van der Waals surface area contributed by atoms with E-state index in [0.29, 0.717) is 42.1 Å². The van der Waals surface area contributed by atoms with E-state index in [4.69, 9.17) is 42.6 Å². The molecule has 0 amide bonds. The Bertz CT molecular complexity index is 1300. The molecule has 0 aliphatic heterocycles. The Morgan fingerprint density at radius 3 is 2.37 bits per heavy atom. The second-order valence-corrected chi connectivity index (χ2v) is 10.3. The summed E-state index contributed by atoms with van der Waals surface area (Å²) in [6.07, 6.45) is 2.83. The molecule has 0 unspecified atom stereocenters. The van der Waals surface area contributed by atoms with Gasteiger partial charge in [0.05, 0.1) is 26.3 Å². The molecule has 1 N–H and O–H groups in total. The van der Waals surface area contributed by atoms with E-state index in [1.165, 1.54) is 11.3 Å². The number of halogens is 4. The Labute approximate surface area is 245 Å². The largest absolute Gasteiger partial charge is 0.483 e. The maximum absolute atomic E-state index is 6.66. The molecule has 0 fully saturated rings. The molecule has 0 radical (unpaired) electrons. The van der Waals surface area contributed by atoms with Crippen molar-refractivity contribution in [3.8, 4) is 44.7 Å². The van der Waals surface area contributed by atoms with Crippen LogP contribution in [0.25, 0.3) is 33.2 Å². The van der Waals surface area contributed by atoms with E-state index < -0.39 is 0 Å². The van der Waals surface area contributed by atoms with Crippen molar-refractivity contribution in [2.24, 2.45) is 0 Å². The summed E-state index contributed by atoms with van der Waals surface area (Å²) >= 11 is 19.2. The summed E-state index contributed by atoms with van der Waals surface area (Å²) in [7, 11) is 0. The quantitative estimate of drug-likeness (QED) is 0.129. The average molecular weight is 753 g/mol. The third-order valence-corrected chi connectivity index (χ3v) is 7.01. The van der Waals surface area contributed by atoms with Crippen LogP contribution in [0.3, 0.4) is 0 Å². The second kappa shape index (κ2) is 12.7. The SMILES string of the molecule is CCCNc1ncc(-c2cc(-c3c(Cl)cc(OCI)cc3Cl)nc(-c3cccc(OCI)c3)n2)s1. The molecule has 4 rings (SSSR count). The molecule has 0 saturated carbocycles. The molecule has 4 aromatic rings. The highest BCUT2D eigenvalue weighted by atomic mass is 127. The van der Waals surface area contributed by atoms with Gasteiger partial charge in [0.25, 0.3) is 0 Å². The third kappa shape index (κ3) is 6.68. The summed E-state index contributed by atoms with van der Waals surface area (Å²) in [5.74, 6) is 1.88. The third-order valence-electron chi connectivity index (χ3n) is 4.82. The van der Waals surface area contributed by atoms with Gasteiger partial charge in [0.2, 0.25) is 0 Å². The van der Waals surface area contributed by atoms with E-state index in [2.05, 4.69) is 62.4 Å². The summed E-state index contributed by atoms with van der Waals surface area (Å²) in [5, 5.41) is 5.07. The number of aromatic nitrogens is 3. The molecule has 2 heterocycles. The number of nitrogens with zero attached hydrogens (tertiary/aromatic N) is 3. The Morgan fingerprint density at radius 2 is 1.66 bits per heavy atom. The normalized spacial score (nSPS) is 10.9. The van der Waals surface area contributed by atoms with Crippen molar-refractivity contribution in [3.05, 3.63) is 58.7 Å². The Hall–Kier alpha value is -1.41. The minimum absolute atomic E-state index is 0.449. The van der Waals surface area contributed by atoms with Gasteiger partial charge < -0.3 is 14.8 Å². The number of hydrogen-bond donors (Lipinski definition) is 1. The highest BCUT2D eigenvalue weighted by Gasteiger charge is 2.18. The highest BCUT2D eigenvalue weighted by Crippen LogP contribution is 2.40. The lowest BCUT2D eigenvalue weighted by Gasteiger charge is -2.13.